The first-order valence-electron chi connectivity index (χ1n) is 7.39. The maximum absolute atomic E-state index is 5.86. The highest BCUT2D eigenvalue weighted by Gasteiger charge is 2.07. The van der Waals surface area contributed by atoms with Gasteiger partial charge in [-0.25, -0.2) is 0 Å². The summed E-state index contributed by atoms with van der Waals surface area (Å²) in [7, 11) is 0. The predicted molar refractivity (Wildman–Crippen MR) is 88.7 cm³/mol. The number of hydrogen-bond acceptors (Lipinski definition) is 2. The molecule has 1 rings (SSSR count). The summed E-state index contributed by atoms with van der Waals surface area (Å²) in [5, 5.41) is 3.55. The minimum atomic E-state index is 0.385. The standard InChI is InChI=1S/C16H27BrN2/c1-3-4-5-6-7-8-15(12-18)19-16-10-13(2)9-14(17)11-16/h9-11,15,19H,3-8,12,18H2,1-2H3. The van der Waals surface area contributed by atoms with Crippen molar-refractivity contribution < 1.29 is 0 Å². The van der Waals surface area contributed by atoms with Gasteiger partial charge in [0.05, 0.1) is 0 Å². The van der Waals surface area contributed by atoms with Crippen LogP contribution in [0, 0.1) is 6.92 Å². The fraction of sp³-hybridized carbons (Fsp3) is 0.625. The Morgan fingerprint density at radius 2 is 1.89 bits per heavy atom. The van der Waals surface area contributed by atoms with Gasteiger partial charge in [-0.1, -0.05) is 55.0 Å². The smallest absolute Gasteiger partial charge is 0.0383 e. The molecule has 2 nitrogen and oxygen atoms in total. The molecule has 0 saturated heterocycles. The Morgan fingerprint density at radius 1 is 1.16 bits per heavy atom. The fourth-order valence-electron chi connectivity index (χ4n) is 2.30. The highest BCUT2D eigenvalue weighted by atomic mass is 79.9. The number of aryl methyl sites for hydroxylation is 1. The molecule has 0 aliphatic carbocycles. The molecule has 3 heteroatoms. The third kappa shape index (κ3) is 6.98. The summed E-state index contributed by atoms with van der Waals surface area (Å²) in [4.78, 5) is 0. The molecule has 0 fully saturated rings. The van der Waals surface area contributed by atoms with E-state index in [1.165, 1.54) is 37.7 Å². The van der Waals surface area contributed by atoms with Crippen LogP contribution in [0.15, 0.2) is 22.7 Å². The first kappa shape index (κ1) is 16.5. The second kappa shape index (κ2) is 9.38. The topological polar surface area (TPSA) is 38.0 Å². The average molecular weight is 327 g/mol. The zero-order chi connectivity index (χ0) is 14.1. The van der Waals surface area contributed by atoms with Crippen molar-refractivity contribution in [1.82, 2.24) is 0 Å². The predicted octanol–water partition coefficient (Wildman–Crippen LogP) is 4.86. The molecule has 0 aliphatic heterocycles. The fourth-order valence-corrected chi connectivity index (χ4v) is 2.91. The molecule has 0 bridgehead atoms. The van der Waals surface area contributed by atoms with E-state index < -0.39 is 0 Å². The number of nitrogens with two attached hydrogens (primary N) is 1. The number of rotatable bonds is 9. The molecular weight excluding hydrogens is 300 g/mol. The van der Waals surface area contributed by atoms with Crippen molar-refractivity contribution in [3.63, 3.8) is 0 Å². The van der Waals surface area contributed by atoms with Gasteiger partial charge in [-0.2, -0.15) is 0 Å². The molecule has 108 valence electrons. The Bertz CT molecular complexity index is 346. The van der Waals surface area contributed by atoms with Gasteiger partial charge in [0.15, 0.2) is 0 Å². The average Bonchev–Trinajstić information content (AvgIpc) is 2.36. The van der Waals surface area contributed by atoms with E-state index in [9.17, 15) is 0 Å². The van der Waals surface area contributed by atoms with E-state index in [1.54, 1.807) is 0 Å². The van der Waals surface area contributed by atoms with Crippen molar-refractivity contribution >= 4 is 21.6 Å². The van der Waals surface area contributed by atoms with Crippen molar-refractivity contribution in [2.24, 2.45) is 5.73 Å². The molecule has 1 aromatic rings. The van der Waals surface area contributed by atoms with E-state index in [0.29, 0.717) is 12.6 Å². The number of halogens is 1. The second-order valence-electron chi connectivity index (χ2n) is 5.30. The molecular formula is C16H27BrN2. The first-order valence-corrected chi connectivity index (χ1v) is 8.18. The monoisotopic (exact) mass is 326 g/mol. The van der Waals surface area contributed by atoms with Crippen LogP contribution >= 0.6 is 15.9 Å². The summed E-state index contributed by atoms with van der Waals surface area (Å²) in [5.74, 6) is 0. The van der Waals surface area contributed by atoms with Gasteiger partial charge in [-0.05, 0) is 37.1 Å². The molecule has 0 amide bonds. The van der Waals surface area contributed by atoms with Gasteiger partial charge in [0.2, 0.25) is 0 Å². The normalized spacial score (nSPS) is 12.4. The lowest BCUT2D eigenvalue weighted by Gasteiger charge is -2.18. The molecule has 19 heavy (non-hydrogen) atoms. The van der Waals surface area contributed by atoms with Gasteiger partial charge >= 0.3 is 0 Å². The summed E-state index contributed by atoms with van der Waals surface area (Å²) in [5.41, 5.74) is 8.29. The number of nitrogens with one attached hydrogen (secondary N) is 1. The van der Waals surface area contributed by atoms with Crippen molar-refractivity contribution in [1.29, 1.82) is 0 Å². The van der Waals surface area contributed by atoms with Gasteiger partial charge in [0.1, 0.15) is 0 Å². The molecule has 0 aromatic heterocycles. The van der Waals surface area contributed by atoms with Crippen LogP contribution in [0.2, 0.25) is 0 Å². The van der Waals surface area contributed by atoms with Gasteiger partial charge in [0.25, 0.3) is 0 Å². The number of anilines is 1. The summed E-state index contributed by atoms with van der Waals surface area (Å²) < 4.78 is 1.12. The third-order valence-corrected chi connectivity index (χ3v) is 3.81. The SMILES string of the molecule is CCCCCCCC(CN)Nc1cc(C)cc(Br)c1. The number of benzene rings is 1. The van der Waals surface area contributed by atoms with Gasteiger partial charge in [-0.3, -0.25) is 0 Å². The minimum Gasteiger partial charge on any atom is -0.381 e. The largest absolute Gasteiger partial charge is 0.381 e. The molecule has 0 aliphatic rings. The van der Waals surface area contributed by atoms with Gasteiger partial charge in [-0.15, -0.1) is 0 Å². The van der Waals surface area contributed by atoms with Crippen molar-refractivity contribution in [2.75, 3.05) is 11.9 Å². The number of hydrogen-bond donors (Lipinski definition) is 2. The highest BCUT2D eigenvalue weighted by molar-refractivity contribution is 9.10. The lowest BCUT2D eigenvalue weighted by molar-refractivity contribution is 0.563. The molecule has 1 unspecified atom stereocenters. The lowest BCUT2D eigenvalue weighted by atomic mass is 10.1. The Morgan fingerprint density at radius 3 is 2.53 bits per heavy atom. The summed E-state index contributed by atoms with van der Waals surface area (Å²) in [6.45, 7) is 5.05. The maximum atomic E-state index is 5.86. The summed E-state index contributed by atoms with van der Waals surface area (Å²) >= 11 is 3.53. The Labute approximate surface area is 126 Å². The zero-order valence-corrected chi connectivity index (χ0v) is 13.8. The van der Waals surface area contributed by atoms with E-state index in [0.717, 1.165) is 16.6 Å². The molecule has 1 aromatic carbocycles. The summed E-state index contributed by atoms with van der Waals surface area (Å²) in [6, 6.07) is 6.79. The second-order valence-corrected chi connectivity index (χ2v) is 6.21. The van der Waals surface area contributed by atoms with Gasteiger partial charge in [0, 0.05) is 22.7 Å². The van der Waals surface area contributed by atoms with E-state index >= 15 is 0 Å². The van der Waals surface area contributed by atoms with E-state index in [1.807, 2.05) is 0 Å². The van der Waals surface area contributed by atoms with Crippen LogP contribution < -0.4 is 11.1 Å². The van der Waals surface area contributed by atoms with Crippen LogP contribution in [0.4, 0.5) is 5.69 Å². The van der Waals surface area contributed by atoms with Crippen LogP contribution in [-0.4, -0.2) is 12.6 Å². The van der Waals surface area contributed by atoms with Crippen molar-refractivity contribution in [2.45, 2.75) is 58.4 Å². The quantitative estimate of drug-likeness (QED) is 0.636. The highest BCUT2D eigenvalue weighted by Crippen LogP contribution is 2.20. The van der Waals surface area contributed by atoms with Crippen LogP contribution in [0.3, 0.4) is 0 Å². The molecule has 0 radical (unpaired) electrons. The van der Waals surface area contributed by atoms with Crippen molar-refractivity contribution in [3.05, 3.63) is 28.2 Å². The molecule has 3 N–H and O–H groups in total. The Balaban J connectivity index is 2.38. The summed E-state index contributed by atoms with van der Waals surface area (Å²) in [6.07, 6.45) is 7.75. The van der Waals surface area contributed by atoms with Crippen molar-refractivity contribution in [3.8, 4) is 0 Å². The van der Waals surface area contributed by atoms with Gasteiger partial charge < -0.3 is 11.1 Å². The van der Waals surface area contributed by atoms with Crippen LogP contribution in [0.1, 0.15) is 51.0 Å². The van der Waals surface area contributed by atoms with Crippen LogP contribution in [-0.2, 0) is 0 Å². The van der Waals surface area contributed by atoms with E-state index in [2.05, 4.69) is 53.3 Å². The van der Waals surface area contributed by atoms with E-state index in [4.69, 9.17) is 5.73 Å². The Kier molecular flexibility index (Phi) is 8.15. The molecule has 0 heterocycles. The van der Waals surface area contributed by atoms with E-state index in [-0.39, 0.29) is 0 Å². The van der Waals surface area contributed by atoms with Crippen LogP contribution in [0.25, 0.3) is 0 Å². The molecule has 0 spiro atoms. The minimum absolute atomic E-state index is 0.385. The maximum Gasteiger partial charge on any atom is 0.0383 e. The molecule has 1 atom stereocenters. The lowest BCUT2D eigenvalue weighted by Crippen LogP contribution is -2.28. The third-order valence-electron chi connectivity index (χ3n) is 3.35. The van der Waals surface area contributed by atoms with Crippen LogP contribution in [0.5, 0.6) is 0 Å². The number of unbranched alkanes of at least 4 members (excludes halogenated alkanes) is 4. The first-order chi connectivity index (χ1) is 9.15. The Hall–Kier alpha value is -0.540. The zero-order valence-electron chi connectivity index (χ0n) is 12.2. The molecule has 0 saturated carbocycles.